The SMILES string of the molecule is COCCOCCNc1cc(C(=O)O)ccc1N. The topological polar surface area (TPSA) is 93.8 Å². The van der Waals surface area contributed by atoms with Crippen LogP contribution in [-0.4, -0.2) is 44.6 Å². The van der Waals surface area contributed by atoms with Crippen molar-refractivity contribution in [2.75, 3.05) is 44.5 Å². The Morgan fingerprint density at radius 3 is 2.83 bits per heavy atom. The van der Waals surface area contributed by atoms with Crippen molar-refractivity contribution in [2.45, 2.75) is 0 Å². The summed E-state index contributed by atoms with van der Waals surface area (Å²) in [5, 5.41) is 11.9. The number of carbonyl (C=O) groups is 1. The minimum Gasteiger partial charge on any atom is -0.478 e. The summed E-state index contributed by atoms with van der Waals surface area (Å²) >= 11 is 0. The number of hydrogen-bond donors (Lipinski definition) is 3. The van der Waals surface area contributed by atoms with Crippen LogP contribution in [0.15, 0.2) is 18.2 Å². The number of hydrogen-bond acceptors (Lipinski definition) is 5. The van der Waals surface area contributed by atoms with Gasteiger partial charge in [-0.05, 0) is 18.2 Å². The van der Waals surface area contributed by atoms with E-state index in [-0.39, 0.29) is 5.56 Å². The van der Waals surface area contributed by atoms with E-state index in [0.29, 0.717) is 37.7 Å². The molecule has 1 aromatic carbocycles. The summed E-state index contributed by atoms with van der Waals surface area (Å²) in [7, 11) is 1.61. The molecular weight excluding hydrogens is 236 g/mol. The zero-order chi connectivity index (χ0) is 13.4. The van der Waals surface area contributed by atoms with Crippen LogP contribution in [-0.2, 0) is 9.47 Å². The number of nitrogen functional groups attached to an aromatic ring is 1. The maximum Gasteiger partial charge on any atom is 0.335 e. The van der Waals surface area contributed by atoms with Crippen LogP contribution in [0.4, 0.5) is 11.4 Å². The van der Waals surface area contributed by atoms with Crippen LogP contribution < -0.4 is 11.1 Å². The Labute approximate surface area is 106 Å². The second-order valence-corrected chi connectivity index (χ2v) is 3.64. The summed E-state index contributed by atoms with van der Waals surface area (Å²) in [6.45, 7) is 2.14. The quantitative estimate of drug-likeness (QED) is 0.474. The molecule has 0 aliphatic heterocycles. The molecule has 0 amide bonds. The van der Waals surface area contributed by atoms with Gasteiger partial charge in [0.1, 0.15) is 0 Å². The maximum atomic E-state index is 10.8. The van der Waals surface area contributed by atoms with Gasteiger partial charge in [-0.3, -0.25) is 0 Å². The average molecular weight is 254 g/mol. The number of methoxy groups -OCH3 is 1. The van der Waals surface area contributed by atoms with Crippen LogP contribution in [0.5, 0.6) is 0 Å². The van der Waals surface area contributed by atoms with E-state index < -0.39 is 5.97 Å². The van der Waals surface area contributed by atoms with E-state index in [1.165, 1.54) is 12.1 Å². The summed E-state index contributed by atoms with van der Waals surface area (Å²) in [4.78, 5) is 10.8. The van der Waals surface area contributed by atoms with Crippen LogP contribution >= 0.6 is 0 Å². The first-order valence-electron chi connectivity index (χ1n) is 5.58. The van der Waals surface area contributed by atoms with Gasteiger partial charge in [0.15, 0.2) is 0 Å². The molecule has 0 aromatic heterocycles. The van der Waals surface area contributed by atoms with Gasteiger partial charge in [-0.2, -0.15) is 0 Å². The predicted octanol–water partition coefficient (Wildman–Crippen LogP) is 1.04. The van der Waals surface area contributed by atoms with Crippen molar-refractivity contribution in [1.82, 2.24) is 0 Å². The summed E-state index contributed by atoms with van der Waals surface area (Å²) in [5.74, 6) is -0.977. The third kappa shape index (κ3) is 4.60. The molecule has 0 bridgehead atoms. The number of nitrogens with one attached hydrogen (secondary N) is 1. The van der Waals surface area contributed by atoms with Crippen LogP contribution in [0, 0.1) is 0 Å². The van der Waals surface area contributed by atoms with Crippen LogP contribution in [0.3, 0.4) is 0 Å². The van der Waals surface area contributed by atoms with Gasteiger partial charge in [0.05, 0.1) is 36.8 Å². The zero-order valence-corrected chi connectivity index (χ0v) is 10.3. The van der Waals surface area contributed by atoms with E-state index in [9.17, 15) is 4.79 Å². The van der Waals surface area contributed by atoms with Crippen molar-refractivity contribution >= 4 is 17.3 Å². The van der Waals surface area contributed by atoms with E-state index in [1.807, 2.05) is 0 Å². The fourth-order valence-electron chi connectivity index (χ4n) is 1.34. The van der Waals surface area contributed by atoms with Crippen molar-refractivity contribution in [3.8, 4) is 0 Å². The number of rotatable bonds is 8. The molecule has 0 radical (unpaired) electrons. The Kier molecular flexibility index (Phi) is 5.96. The summed E-state index contributed by atoms with van der Waals surface area (Å²) < 4.78 is 10.1. The Morgan fingerprint density at radius 2 is 2.17 bits per heavy atom. The second kappa shape index (κ2) is 7.52. The molecule has 0 heterocycles. The van der Waals surface area contributed by atoms with Crippen LogP contribution in [0.25, 0.3) is 0 Å². The van der Waals surface area contributed by atoms with Gasteiger partial charge in [0.25, 0.3) is 0 Å². The number of aromatic carboxylic acids is 1. The lowest BCUT2D eigenvalue weighted by Gasteiger charge is -2.10. The predicted molar refractivity (Wildman–Crippen MR) is 69.0 cm³/mol. The molecule has 0 saturated heterocycles. The second-order valence-electron chi connectivity index (χ2n) is 3.64. The Balaban J connectivity index is 2.41. The van der Waals surface area contributed by atoms with Gasteiger partial charge in [-0.15, -0.1) is 0 Å². The molecule has 0 fully saturated rings. The summed E-state index contributed by atoms with van der Waals surface area (Å²) in [6, 6.07) is 4.54. The van der Waals surface area contributed by atoms with Gasteiger partial charge in [-0.1, -0.05) is 0 Å². The third-order valence-electron chi connectivity index (χ3n) is 2.29. The number of ether oxygens (including phenoxy) is 2. The maximum absolute atomic E-state index is 10.8. The zero-order valence-electron chi connectivity index (χ0n) is 10.3. The van der Waals surface area contributed by atoms with Gasteiger partial charge in [-0.25, -0.2) is 4.79 Å². The lowest BCUT2D eigenvalue weighted by atomic mass is 10.2. The van der Waals surface area contributed by atoms with Gasteiger partial charge >= 0.3 is 5.97 Å². The molecule has 100 valence electrons. The number of carboxylic acids is 1. The van der Waals surface area contributed by atoms with E-state index >= 15 is 0 Å². The van der Waals surface area contributed by atoms with Crippen molar-refractivity contribution in [3.63, 3.8) is 0 Å². The standard InChI is InChI=1S/C12H18N2O4/c1-17-6-7-18-5-4-14-11-8-9(12(15)16)2-3-10(11)13/h2-3,8,14H,4-7,13H2,1H3,(H,15,16). The van der Waals surface area contributed by atoms with Gasteiger partial charge in [0, 0.05) is 13.7 Å². The highest BCUT2D eigenvalue weighted by Gasteiger charge is 2.06. The molecule has 0 spiro atoms. The summed E-state index contributed by atoms with van der Waals surface area (Å²) in [6.07, 6.45) is 0. The van der Waals surface area contributed by atoms with E-state index in [1.54, 1.807) is 13.2 Å². The molecule has 1 rings (SSSR count). The Bertz CT molecular complexity index is 396. The molecular formula is C12H18N2O4. The molecule has 1 aromatic rings. The van der Waals surface area contributed by atoms with Gasteiger partial charge in [0.2, 0.25) is 0 Å². The highest BCUT2D eigenvalue weighted by molar-refractivity contribution is 5.90. The first kappa shape index (κ1) is 14.3. The molecule has 0 saturated carbocycles. The highest BCUT2D eigenvalue weighted by Crippen LogP contribution is 2.19. The first-order chi connectivity index (χ1) is 8.65. The molecule has 4 N–H and O–H groups in total. The van der Waals surface area contributed by atoms with Crippen molar-refractivity contribution in [1.29, 1.82) is 0 Å². The summed E-state index contributed by atoms with van der Waals surface area (Å²) in [5.41, 5.74) is 7.05. The molecule has 6 nitrogen and oxygen atoms in total. The van der Waals surface area contributed by atoms with E-state index in [2.05, 4.69) is 5.32 Å². The smallest absolute Gasteiger partial charge is 0.335 e. The molecule has 0 unspecified atom stereocenters. The van der Waals surface area contributed by atoms with Crippen LogP contribution in [0.1, 0.15) is 10.4 Å². The number of nitrogens with two attached hydrogens (primary N) is 1. The van der Waals surface area contributed by atoms with E-state index in [0.717, 1.165) is 0 Å². The minimum atomic E-state index is -0.977. The fourth-order valence-corrected chi connectivity index (χ4v) is 1.34. The normalized spacial score (nSPS) is 10.3. The Morgan fingerprint density at radius 1 is 1.39 bits per heavy atom. The number of carboxylic acid groups (broad SMARTS) is 1. The highest BCUT2D eigenvalue weighted by atomic mass is 16.5. The molecule has 0 atom stereocenters. The lowest BCUT2D eigenvalue weighted by molar-refractivity contribution is 0.0697. The Hall–Kier alpha value is -1.79. The van der Waals surface area contributed by atoms with Crippen molar-refractivity contribution in [3.05, 3.63) is 23.8 Å². The van der Waals surface area contributed by atoms with Crippen LogP contribution in [0.2, 0.25) is 0 Å². The molecule has 6 heteroatoms. The third-order valence-corrected chi connectivity index (χ3v) is 2.29. The van der Waals surface area contributed by atoms with Crippen molar-refractivity contribution < 1.29 is 19.4 Å². The number of anilines is 2. The molecule has 0 aliphatic rings. The van der Waals surface area contributed by atoms with Gasteiger partial charge < -0.3 is 25.6 Å². The minimum absolute atomic E-state index is 0.201. The monoisotopic (exact) mass is 254 g/mol. The fraction of sp³-hybridized carbons (Fsp3) is 0.417. The average Bonchev–Trinajstić information content (AvgIpc) is 2.35. The molecule has 0 aliphatic carbocycles. The number of benzene rings is 1. The van der Waals surface area contributed by atoms with E-state index in [4.69, 9.17) is 20.3 Å². The molecule has 18 heavy (non-hydrogen) atoms. The van der Waals surface area contributed by atoms with Crippen molar-refractivity contribution in [2.24, 2.45) is 0 Å². The largest absolute Gasteiger partial charge is 0.478 e. The lowest BCUT2D eigenvalue weighted by Crippen LogP contribution is -2.13. The first-order valence-corrected chi connectivity index (χ1v) is 5.58.